The monoisotopic (exact) mass is 344 g/mol. The predicted molar refractivity (Wildman–Crippen MR) is 79.3 cm³/mol. The molecule has 0 N–H and O–H groups in total. The van der Waals surface area contributed by atoms with Crippen molar-refractivity contribution in [3.8, 4) is 0 Å². The fourth-order valence-electron chi connectivity index (χ4n) is 1.99. The van der Waals surface area contributed by atoms with Crippen molar-refractivity contribution in [1.82, 2.24) is 0 Å². The van der Waals surface area contributed by atoms with E-state index in [-0.39, 0.29) is 10.5 Å². The van der Waals surface area contributed by atoms with Crippen molar-refractivity contribution in [2.24, 2.45) is 0 Å². The fourth-order valence-corrected chi connectivity index (χ4v) is 3.18. The summed E-state index contributed by atoms with van der Waals surface area (Å²) in [6, 6.07) is 12.1. The summed E-state index contributed by atoms with van der Waals surface area (Å²) < 4.78 is 69.7. The molecule has 1 atom stereocenters. The molecule has 23 heavy (non-hydrogen) atoms. The van der Waals surface area contributed by atoms with Crippen molar-refractivity contribution in [1.29, 1.82) is 0 Å². The molecule has 1 unspecified atom stereocenters. The third-order valence-corrected chi connectivity index (χ3v) is 4.85. The molecule has 0 spiro atoms. The van der Waals surface area contributed by atoms with Gasteiger partial charge >= 0.3 is 6.18 Å². The van der Waals surface area contributed by atoms with Crippen LogP contribution in [0.2, 0.25) is 0 Å². The highest BCUT2D eigenvalue weighted by atomic mass is 32.2. The maximum Gasteiger partial charge on any atom is 0.422 e. The molecule has 0 amide bonds. The standard InChI is InChI=1S/C16H15F3O3S/c1-12-8-10-14(11-9-12)23(20,21)22-15(2,16(17,18)19)13-6-4-3-5-7-13/h3-11H,1-2H3. The lowest BCUT2D eigenvalue weighted by atomic mass is 9.96. The molecule has 0 heterocycles. The first-order valence-electron chi connectivity index (χ1n) is 6.71. The SMILES string of the molecule is Cc1ccc(S(=O)(=O)OC(C)(c2ccccc2)C(F)(F)F)cc1. The summed E-state index contributed by atoms with van der Waals surface area (Å²) in [5, 5.41) is 0. The Morgan fingerprint density at radius 1 is 0.913 bits per heavy atom. The molecule has 124 valence electrons. The van der Waals surface area contributed by atoms with E-state index in [4.69, 9.17) is 0 Å². The lowest BCUT2D eigenvalue weighted by Gasteiger charge is -2.31. The molecule has 0 aliphatic carbocycles. The highest BCUT2D eigenvalue weighted by molar-refractivity contribution is 7.86. The van der Waals surface area contributed by atoms with E-state index in [1.54, 1.807) is 6.92 Å². The van der Waals surface area contributed by atoms with Crippen LogP contribution in [0.3, 0.4) is 0 Å². The number of hydrogen-bond acceptors (Lipinski definition) is 3. The number of benzene rings is 2. The maximum absolute atomic E-state index is 13.5. The molecule has 2 rings (SSSR count). The molecule has 0 aromatic heterocycles. The van der Waals surface area contributed by atoms with Crippen molar-refractivity contribution < 1.29 is 25.8 Å². The second kappa shape index (κ2) is 5.98. The normalized spacial score (nSPS) is 15.2. The number of rotatable bonds is 4. The minimum absolute atomic E-state index is 0.289. The van der Waals surface area contributed by atoms with Crippen LogP contribution in [0, 0.1) is 6.92 Å². The average molecular weight is 344 g/mol. The third-order valence-electron chi connectivity index (χ3n) is 3.45. The average Bonchev–Trinajstić information content (AvgIpc) is 2.47. The van der Waals surface area contributed by atoms with Gasteiger partial charge < -0.3 is 0 Å². The highest BCUT2D eigenvalue weighted by Gasteiger charge is 2.56. The number of hydrogen-bond donors (Lipinski definition) is 0. The summed E-state index contributed by atoms with van der Waals surface area (Å²) in [7, 11) is -4.59. The van der Waals surface area contributed by atoms with Crippen LogP contribution < -0.4 is 0 Å². The molecule has 0 saturated carbocycles. The van der Waals surface area contributed by atoms with Gasteiger partial charge in [-0.3, -0.25) is 0 Å². The zero-order chi connectivity index (χ0) is 17.3. The molecular weight excluding hydrogens is 329 g/mol. The van der Waals surface area contributed by atoms with Crippen LogP contribution in [0.25, 0.3) is 0 Å². The Kier molecular flexibility index (Phi) is 4.54. The number of halogens is 3. The first-order chi connectivity index (χ1) is 10.6. The van der Waals surface area contributed by atoms with E-state index in [1.165, 1.54) is 54.6 Å². The van der Waals surface area contributed by atoms with Crippen molar-refractivity contribution in [3.05, 3.63) is 65.7 Å². The molecular formula is C16H15F3O3S. The Morgan fingerprint density at radius 2 is 1.43 bits per heavy atom. The maximum atomic E-state index is 13.5. The van der Waals surface area contributed by atoms with Gasteiger partial charge in [-0.2, -0.15) is 21.6 Å². The van der Waals surface area contributed by atoms with E-state index in [2.05, 4.69) is 4.18 Å². The molecule has 3 nitrogen and oxygen atoms in total. The van der Waals surface area contributed by atoms with Gasteiger partial charge in [0.1, 0.15) is 0 Å². The second-order valence-corrected chi connectivity index (χ2v) is 6.79. The van der Waals surface area contributed by atoms with Crippen LogP contribution in [0.5, 0.6) is 0 Å². The van der Waals surface area contributed by atoms with Crippen LogP contribution >= 0.6 is 0 Å². The van der Waals surface area contributed by atoms with E-state index in [9.17, 15) is 21.6 Å². The van der Waals surface area contributed by atoms with Gasteiger partial charge in [0.05, 0.1) is 4.90 Å². The fraction of sp³-hybridized carbons (Fsp3) is 0.250. The molecule has 2 aromatic rings. The molecule has 0 aliphatic heterocycles. The van der Waals surface area contributed by atoms with Crippen LogP contribution in [-0.4, -0.2) is 14.6 Å². The van der Waals surface area contributed by atoms with Gasteiger partial charge in [0.25, 0.3) is 10.1 Å². The summed E-state index contributed by atoms with van der Waals surface area (Å²) >= 11 is 0. The zero-order valence-electron chi connectivity index (χ0n) is 12.5. The minimum atomic E-state index is -4.91. The van der Waals surface area contributed by atoms with Crippen molar-refractivity contribution >= 4 is 10.1 Å². The third kappa shape index (κ3) is 3.56. The molecule has 7 heteroatoms. The summed E-state index contributed by atoms with van der Waals surface area (Å²) in [6.07, 6.45) is -4.91. The molecule has 0 fully saturated rings. The topological polar surface area (TPSA) is 43.4 Å². The van der Waals surface area contributed by atoms with Crippen LogP contribution in [0.4, 0.5) is 13.2 Å². The van der Waals surface area contributed by atoms with E-state index in [0.717, 1.165) is 5.56 Å². The Balaban J connectivity index is 2.49. The van der Waals surface area contributed by atoms with Crippen molar-refractivity contribution in [2.45, 2.75) is 30.5 Å². The van der Waals surface area contributed by atoms with Gasteiger partial charge in [-0.05, 0) is 31.5 Å². The smallest absolute Gasteiger partial charge is 0.245 e. The van der Waals surface area contributed by atoms with Gasteiger partial charge in [-0.15, -0.1) is 0 Å². The second-order valence-electron chi connectivity index (χ2n) is 5.25. The molecule has 0 saturated heterocycles. The van der Waals surface area contributed by atoms with Gasteiger partial charge in [0, 0.05) is 0 Å². The van der Waals surface area contributed by atoms with Crippen LogP contribution in [-0.2, 0) is 19.9 Å². The van der Waals surface area contributed by atoms with Crippen molar-refractivity contribution in [3.63, 3.8) is 0 Å². The first-order valence-corrected chi connectivity index (χ1v) is 8.12. The quantitative estimate of drug-likeness (QED) is 0.782. The predicted octanol–water partition coefficient (Wildman–Crippen LogP) is 4.18. The minimum Gasteiger partial charge on any atom is -0.245 e. The lowest BCUT2D eigenvalue weighted by molar-refractivity contribution is -0.246. The highest BCUT2D eigenvalue weighted by Crippen LogP contribution is 2.43. The van der Waals surface area contributed by atoms with Gasteiger partial charge in [-0.25, -0.2) is 4.18 Å². The van der Waals surface area contributed by atoms with Gasteiger partial charge in [0.15, 0.2) is 0 Å². The van der Waals surface area contributed by atoms with E-state index in [0.29, 0.717) is 6.92 Å². The Labute approximate surface area is 132 Å². The largest absolute Gasteiger partial charge is 0.422 e. The van der Waals surface area contributed by atoms with Crippen molar-refractivity contribution in [2.75, 3.05) is 0 Å². The lowest BCUT2D eigenvalue weighted by Crippen LogP contribution is -2.43. The molecule has 0 radical (unpaired) electrons. The van der Waals surface area contributed by atoms with Crippen LogP contribution in [0.1, 0.15) is 18.1 Å². The number of aryl methyl sites for hydroxylation is 1. The number of alkyl halides is 3. The molecule has 0 bridgehead atoms. The first kappa shape index (κ1) is 17.5. The Bertz CT molecular complexity index is 768. The summed E-state index contributed by atoms with van der Waals surface area (Å²) in [4.78, 5) is -0.325. The summed E-state index contributed by atoms with van der Waals surface area (Å²) in [5.41, 5.74) is -2.48. The molecule has 2 aromatic carbocycles. The van der Waals surface area contributed by atoms with E-state index in [1.807, 2.05) is 0 Å². The van der Waals surface area contributed by atoms with Gasteiger partial charge in [0.2, 0.25) is 5.60 Å². The zero-order valence-corrected chi connectivity index (χ0v) is 13.3. The van der Waals surface area contributed by atoms with Crippen LogP contribution in [0.15, 0.2) is 59.5 Å². The van der Waals surface area contributed by atoms with E-state index < -0.39 is 21.9 Å². The summed E-state index contributed by atoms with van der Waals surface area (Å²) in [5.74, 6) is 0. The molecule has 0 aliphatic rings. The van der Waals surface area contributed by atoms with Gasteiger partial charge in [-0.1, -0.05) is 48.0 Å². The summed E-state index contributed by atoms with van der Waals surface area (Å²) in [6.45, 7) is 2.44. The Hall–Kier alpha value is -1.86. The Morgan fingerprint density at radius 3 is 1.91 bits per heavy atom. The van der Waals surface area contributed by atoms with E-state index >= 15 is 0 Å².